The van der Waals surface area contributed by atoms with Crippen LogP contribution in [0.1, 0.15) is 18.2 Å². The molecule has 1 atom stereocenters. The van der Waals surface area contributed by atoms with Crippen LogP contribution in [-0.2, 0) is 11.3 Å². The zero-order chi connectivity index (χ0) is 8.81. The average Bonchev–Trinajstić information content (AvgIpc) is 2.59. The van der Waals surface area contributed by atoms with E-state index in [0.29, 0.717) is 6.61 Å². The topological polar surface area (TPSA) is 33.0 Å². The average molecular weight is 181 g/mol. The minimum absolute atomic E-state index is 0.257. The maximum atomic E-state index is 8.58. The molecule has 12 heavy (non-hydrogen) atoms. The lowest BCUT2D eigenvalue weighted by Crippen LogP contribution is -2.07. The Balaban J connectivity index is 2.31. The second-order valence-electron chi connectivity index (χ2n) is 2.42. The molecule has 0 aliphatic rings. The third kappa shape index (κ3) is 2.65. The predicted octanol–water partition coefficient (Wildman–Crippen LogP) is 2.57. The van der Waals surface area contributed by atoms with Crippen LogP contribution in [0.5, 0.6) is 0 Å². The molecule has 0 bridgehead atoms. The molecule has 0 saturated carbocycles. The van der Waals surface area contributed by atoms with Gasteiger partial charge in [-0.3, -0.25) is 0 Å². The summed E-state index contributed by atoms with van der Waals surface area (Å²) in [6.07, 6.45) is 0.495. The molecular formula is C9H11NOS. The lowest BCUT2D eigenvalue weighted by Gasteiger charge is -2.05. The molecule has 0 aromatic carbocycles. The van der Waals surface area contributed by atoms with Gasteiger partial charge in [0.2, 0.25) is 0 Å². The summed E-state index contributed by atoms with van der Waals surface area (Å²) >= 11 is 1.65. The van der Waals surface area contributed by atoms with Crippen molar-refractivity contribution in [3.05, 3.63) is 22.4 Å². The van der Waals surface area contributed by atoms with E-state index in [-0.39, 0.29) is 6.10 Å². The van der Waals surface area contributed by atoms with Gasteiger partial charge in [0, 0.05) is 4.88 Å². The third-order valence-electron chi connectivity index (χ3n) is 1.52. The van der Waals surface area contributed by atoms with E-state index in [0.717, 1.165) is 6.42 Å². The molecule has 3 heteroatoms. The lowest BCUT2D eigenvalue weighted by atomic mass is 10.3. The number of nitrogens with zero attached hydrogens (tertiary/aromatic N) is 1. The Morgan fingerprint density at radius 1 is 1.75 bits per heavy atom. The highest BCUT2D eigenvalue weighted by Gasteiger charge is 2.03. The molecule has 0 fully saturated rings. The number of nitriles is 1. The number of hydrogen-bond acceptors (Lipinski definition) is 3. The molecule has 1 unspecified atom stereocenters. The Labute approximate surface area is 76.4 Å². The van der Waals surface area contributed by atoms with Crippen LogP contribution in [0.25, 0.3) is 0 Å². The summed E-state index contributed by atoms with van der Waals surface area (Å²) in [5, 5.41) is 10.6. The van der Waals surface area contributed by atoms with Crippen molar-refractivity contribution in [1.82, 2.24) is 0 Å². The van der Waals surface area contributed by atoms with Crippen LogP contribution >= 0.6 is 11.3 Å². The Morgan fingerprint density at radius 3 is 3.08 bits per heavy atom. The minimum Gasteiger partial charge on any atom is -0.358 e. The zero-order valence-electron chi connectivity index (χ0n) is 6.99. The Hall–Kier alpha value is -0.850. The number of rotatable bonds is 4. The van der Waals surface area contributed by atoms with Gasteiger partial charge >= 0.3 is 0 Å². The van der Waals surface area contributed by atoms with E-state index >= 15 is 0 Å². The molecule has 0 aliphatic heterocycles. The molecule has 0 saturated heterocycles. The molecule has 0 radical (unpaired) electrons. The normalized spacial score (nSPS) is 12.3. The molecule has 0 spiro atoms. The number of thiophene rings is 1. The summed E-state index contributed by atoms with van der Waals surface area (Å²) < 4.78 is 5.33. The van der Waals surface area contributed by atoms with Crippen molar-refractivity contribution in [3.63, 3.8) is 0 Å². The molecule has 2 nitrogen and oxygen atoms in total. The maximum absolute atomic E-state index is 8.58. The van der Waals surface area contributed by atoms with Gasteiger partial charge in [-0.1, -0.05) is 13.0 Å². The first-order valence-electron chi connectivity index (χ1n) is 3.90. The van der Waals surface area contributed by atoms with E-state index in [9.17, 15) is 0 Å². The SMILES string of the molecule is CCC(C#N)OCc1cccs1. The molecule has 64 valence electrons. The fourth-order valence-electron chi connectivity index (χ4n) is 0.824. The highest BCUT2D eigenvalue weighted by Crippen LogP contribution is 2.11. The summed E-state index contributed by atoms with van der Waals surface area (Å²) in [6, 6.07) is 6.09. The second kappa shape index (κ2) is 4.91. The monoisotopic (exact) mass is 181 g/mol. The van der Waals surface area contributed by atoms with Gasteiger partial charge in [0.05, 0.1) is 12.7 Å². The fraction of sp³-hybridized carbons (Fsp3) is 0.444. The fourth-order valence-corrected chi connectivity index (χ4v) is 1.45. The zero-order valence-corrected chi connectivity index (χ0v) is 7.80. The van der Waals surface area contributed by atoms with Crippen molar-refractivity contribution in [3.8, 4) is 6.07 Å². The summed E-state index contributed by atoms with van der Waals surface area (Å²) in [4.78, 5) is 1.17. The second-order valence-corrected chi connectivity index (χ2v) is 3.45. The molecule has 1 heterocycles. The Bertz CT molecular complexity index is 250. The molecule has 1 aromatic rings. The first kappa shape index (κ1) is 9.24. The van der Waals surface area contributed by atoms with Gasteiger partial charge in [-0.25, -0.2) is 0 Å². The first-order chi connectivity index (χ1) is 5.86. The number of ether oxygens (including phenoxy) is 1. The highest BCUT2D eigenvalue weighted by molar-refractivity contribution is 7.09. The summed E-state index contributed by atoms with van der Waals surface area (Å²) in [5.41, 5.74) is 0. The predicted molar refractivity (Wildman–Crippen MR) is 48.8 cm³/mol. The van der Waals surface area contributed by atoms with Gasteiger partial charge < -0.3 is 4.74 Å². The molecule has 0 aliphatic carbocycles. The van der Waals surface area contributed by atoms with Gasteiger partial charge in [0.25, 0.3) is 0 Å². The van der Waals surface area contributed by atoms with Crippen LogP contribution in [0, 0.1) is 11.3 Å². The molecular weight excluding hydrogens is 170 g/mol. The van der Waals surface area contributed by atoms with Crippen molar-refractivity contribution in [2.75, 3.05) is 0 Å². The van der Waals surface area contributed by atoms with Crippen molar-refractivity contribution in [1.29, 1.82) is 5.26 Å². The molecule has 1 aromatic heterocycles. The van der Waals surface area contributed by atoms with Crippen LogP contribution in [-0.4, -0.2) is 6.10 Å². The lowest BCUT2D eigenvalue weighted by molar-refractivity contribution is 0.0763. The smallest absolute Gasteiger partial charge is 0.144 e. The van der Waals surface area contributed by atoms with Gasteiger partial charge in [-0.15, -0.1) is 11.3 Å². The van der Waals surface area contributed by atoms with E-state index in [4.69, 9.17) is 10.00 Å². The summed E-state index contributed by atoms with van der Waals surface area (Å²) in [7, 11) is 0. The quantitative estimate of drug-likeness (QED) is 0.715. The van der Waals surface area contributed by atoms with Crippen molar-refractivity contribution >= 4 is 11.3 Å². The third-order valence-corrected chi connectivity index (χ3v) is 2.37. The van der Waals surface area contributed by atoms with Crippen molar-refractivity contribution in [2.24, 2.45) is 0 Å². The molecule has 0 amide bonds. The molecule has 1 rings (SSSR count). The van der Waals surface area contributed by atoms with Crippen molar-refractivity contribution < 1.29 is 4.74 Å². The van der Waals surface area contributed by atoms with Gasteiger partial charge in [0.1, 0.15) is 6.10 Å². The first-order valence-corrected chi connectivity index (χ1v) is 4.78. The summed E-state index contributed by atoms with van der Waals surface area (Å²) in [6.45, 7) is 2.51. The van der Waals surface area contributed by atoms with E-state index in [1.165, 1.54) is 4.88 Å². The van der Waals surface area contributed by atoms with Crippen LogP contribution in [0.2, 0.25) is 0 Å². The van der Waals surface area contributed by atoms with Gasteiger partial charge in [0.15, 0.2) is 0 Å². The van der Waals surface area contributed by atoms with Crippen LogP contribution < -0.4 is 0 Å². The van der Waals surface area contributed by atoms with Gasteiger partial charge in [-0.2, -0.15) is 5.26 Å². The van der Waals surface area contributed by atoms with Crippen LogP contribution in [0.15, 0.2) is 17.5 Å². The number of hydrogen-bond donors (Lipinski definition) is 0. The Morgan fingerprint density at radius 2 is 2.58 bits per heavy atom. The maximum Gasteiger partial charge on any atom is 0.144 e. The van der Waals surface area contributed by atoms with E-state index in [1.54, 1.807) is 11.3 Å². The largest absolute Gasteiger partial charge is 0.358 e. The van der Waals surface area contributed by atoms with E-state index < -0.39 is 0 Å². The summed E-state index contributed by atoms with van der Waals surface area (Å²) in [5.74, 6) is 0. The van der Waals surface area contributed by atoms with Crippen LogP contribution in [0.3, 0.4) is 0 Å². The highest BCUT2D eigenvalue weighted by atomic mass is 32.1. The standard InChI is InChI=1S/C9H11NOS/c1-2-8(6-10)11-7-9-4-3-5-12-9/h3-5,8H,2,7H2,1H3. The van der Waals surface area contributed by atoms with Crippen LogP contribution in [0.4, 0.5) is 0 Å². The van der Waals surface area contributed by atoms with E-state index in [1.807, 2.05) is 24.4 Å². The van der Waals surface area contributed by atoms with E-state index in [2.05, 4.69) is 6.07 Å². The molecule has 0 N–H and O–H groups in total. The minimum atomic E-state index is -0.257. The van der Waals surface area contributed by atoms with Crippen molar-refractivity contribution in [2.45, 2.75) is 26.1 Å². The van der Waals surface area contributed by atoms with Gasteiger partial charge in [-0.05, 0) is 17.9 Å². The Kier molecular flexibility index (Phi) is 3.78.